The molecule has 0 amide bonds. The largest absolute Gasteiger partial charge is 0.432 e. The fourth-order valence-electron chi connectivity index (χ4n) is 2.35. The smallest absolute Gasteiger partial charge is 0.311 e. The number of hydrogen-bond donors (Lipinski definition) is 2. The number of anilines is 1. The van der Waals surface area contributed by atoms with E-state index in [4.69, 9.17) is 0 Å². The molecule has 1 unspecified atom stereocenters. The molecule has 3 rings (SSSR count). The topological polar surface area (TPSA) is 71.8 Å². The van der Waals surface area contributed by atoms with Crippen LogP contribution in [0, 0.1) is 0 Å². The van der Waals surface area contributed by atoms with Crippen molar-refractivity contribution in [3.8, 4) is 11.5 Å². The maximum atomic E-state index is 12.9. The minimum Gasteiger partial charge on any atom is -0.311 e. The number of fused-ring (bicyclic) bond motifs is 1. The molecule has 11 heteroatoms. The first kappa shape index (κ1) is 17.9. The fraction of sp³-hybridized carbons (Fsp3) is 0.286. The Balaban J connectivity index is 2.15. The molecule has 3 heterocycles. The number of nitrogens with zero attached hydrogens (tertiary/aromatic N) is 3. The van der Waals surface area contributed by atoms with Crippen LogP contribution < -0.4 is 10.9 Å². The molecular weight excluding hydrogens is 423 g/mol. The second-order valence-corrected chi connectivity index (χ2v) is 7.79. The molecule has 2 aromatic heterocycles. The van der Waals surface area contributed by atoms with Crippen molar-refractivity contribution in [1.82, 2.24) is 20.0 Å². The molecule has 0 radical (unpaired) electrons. The Morgan fingerprint density at radius 1 is 1.36 bits per heavy atom. The molecule has 1 atom stereocenters. The van der Waals surface area contributed by atoms with Gasteiger partial charge in [0, 0.05) is 23.5 Å². The Labute approximate surface area is 152 Å². The fourth-order valence-corrected chi connectivity index (χ4v) is 3.76. The highest BCUT2D eigenvalue weighted by Crippen LogP contribution is 2.34. The van der Waals surface area contributed by atoms with Gasteiger partial charge in [-0.25, -0.2) is 4.98 Å². The molecule has 6 nitrogen and oxygen atoms in total. The van der Waals surface area contributed by atoms with Crippen molar-refractivity contribution in [2.24, 2.45) is 7.05 Å². The van der Waals surface area contributed by atoms with Crippen LogP contribution in [0.15, 0.2) is 27.3 Å². The van der Waals surface area contributed by atoms with Crippen molar-refractivity contribution in [3.05, 3.63) is 28.1 Å². The Hall–Kier alpha value is -1.88. The number of halogens is 4. The molecule has 0 aliphatic carbocycles. The molecule has 134 valence electrons. The zero-order valence-corrected chi connectivity index (χ0v) is 15.5. The first-order valence-corrected chi connectivity index (χ1v) is 9.25. The van der Waals surface area contributed by atoms with Crippen molar-refractivity contribution in [1.29, 1.82) is 0 Å². The highest BCUT2D eigenvalue weighted by atomic mass is 79.9. The normalized spacial score (nSPS) is 15.0. The van der Waals surface area contributed by atoms with Crippen LogP contribution in [-0.2, 0) is 17.8 Å². The van der Waals surface area contributed by atoms with Crippen LogP contribution in [0.1, 0.15) is 12.6 Å². The van der Waals surface area contributed by atoms with Gasteiger partial charge in [-0.15, -0.1) is 0 Å². The number of alkyl halides is 3. The summed E-state index contributed by atoms with van der Waals surface area (Å²) in [5.41, 5.74) is 4.17. The van der Waals surface area contributed by atoms with Gasteiger partial charge in [-0.05, 0) is 28.1 Å². The SMILES string of the molecule is CCS(=O)c1cc(Br)cnc1-c1nc2c(n1C)NNC(C(F)(F)F)=C2. The number of hydrazine groups is 1. The third-order valence-corrected chi connectivity index (χ3v) is 5.32. The molecule has 2 N–H and O–H groups in total. The van der Waals surface area contributed by atoms with Crippen molar-refractivity contribution in [2.45, 2.75) is 18.0 Å². The third-order valence-electron chi connectivity index (χ3n) is 3.56. The van der Waals surface area contributed by atoms with E-state index in [9.17, 15) is 17.4 Å². The summed E-state index contributed by atoms with van der Waals surface area (Å²) in [7, 11) is 0.339. The Morgan fingerprint density at radius 2 is 2.08 bits per heavy atom. The Bertz CT molecular complexity index is 893. The number of allylic oxidation sites excluding steroid dienone is 1. The van der Waals surface area contributed by atoms with Crippen LogP contribution >= 0.6 is 15.9 Å². The summed E-state index contributed by atoms with van der Waals surface area (Å²) >= 11 is 3.29. The van der Waals surface area contributed by atoms with Gasteiger partial charge in [0.05, 0.1) is 15.7 Å². The summed E-state index contributed by atoms with van der Waals surface area (Å²) < 4.78 is 53.1. The standard InChI is InChI=1S/C14H13BrF3N5OS/c1-3-25(24)9-4-7(15)6-19-11(9)13-20-8-5-10(14(16,17)18)21-22-12(8)23(13)2/h4-6,21-22H,3H2,1-2H3. The average molecular weight is 436 g/mol. The molecular formula is C14H13BrF3N5OS. The van der Waals surface area contributed by atoms with Crippen LogP contribution in [0.25, 0.3) is 17.6 Å². The highest BCUT2D eigenvalue weighted by molar-refractivity contribution is 9.10. The lowest BCUT2D eigenvalue weighted by Crippen LogP contribution is -2.33. The van der Waals surface area contributed by atoms with Gasteiger partial charge in [-0.3, -0.25) is 20.0 Å². The zero-order valence-electron chi connectivity index (χ0n) is 13.1. The van der Waals surface area contributed by atoms with Gasteiger partial charge in [0.1, 0.15) is 17.1 Å². The Kier molecular flexibility index (Phi) is 4.62. The second kappa shape index (κ2) is 6.45. The monoisotopic (exact) mass is 435 g/mol. The van der Waals surface area contributed by atoms with Crippen LogP contribution in [0.4, 0.5) is 19.0 Å². The number of rotatable bonds is 3. The average Bonchev–Trinajstić information content (AvgIpc) is 2.89. The van der Waals surface area contributed by atoms with E-state index in [1.165, 1.54) is 6.20 Å². The summed E-state index contributed by atoms with van der Waals surface area (Å²) in [5, 5.41) is 0. The lowest BCUT2D eigenvalue weighted by molar-refractivity contribution is -0.0951. The van der Waals surface area contributed by atoms with E-state index in [2.05, 4.69) is 36.7 Å². The minimum absolute atomic E-state index is 0.126. The molecule has 25 heavy (non-hydrogen) atoms. The van der Waals surface area contributed by atoms with Crippen LogP contribution in [0.2, 0.25) is 0 Å². The number of hydrogen-bond acceptors (Lipinski definition) is 5. The summed E-state index contributed by atoms with van der Waals surface area (Å²) in [6.07, 6.45) is -2.07. The molecule has 1 aliphatic heterocycles. The number of pyridine rings is 1. The minimum atomic E-state index is -4.52. The van der Waals surface area contributed by atoms with E-state index in [-0.39, 0.29) is 5.69 Å². The van der Waals surface area contributed by atoms with Gasteiger partial charge in [0.2, 0.25) is 0 Å². The summed E-state index contributed by atoms with van der Waals surface area (Å²) in [6.45, 7) is 1.77. The first-order valence-electron chi connectivity index (χ1n) is 7.14. The van der Waals surface area contributed by atoms with E-state index >= 15 is 0 Å². The highest BCUT2D eigenvalue weighted by Gasteiger charge is 2.37. The summed E-state index contributed by atoms with van der Waals surface area (Å²) in [6, 6.07) is 1.68. The molecule has 1 aliphatic rings. The molecule has 2 aromatic rings. The predicted octanol–water partition coefficient (Wildman–Crippen LogP) is 3.21. The number of imidazole rings is 1. The van der Waals surface area contributed by atoms with Crippen molar-refractivity contribution >= 4 is 38.6 Å². The first-order chi connectivity index (χ1) is 11.7. The summed E-state index contributed by atoms with van der Waals surface area (Å²) in [4.78, 5) is 9.01. The van der Waals surface area contributed by atoms with E-state index in [0.29, 0.717) is 32.5 Å². The molecule has 0 saturated heterocycles. The summed E-state index contributed by atoms with van der Waals surface area (Å²) in [5.74, 6) is 1.07. The van der Waals surface area contributed by atoms with Crippen molar-refractivity contribution < 1.29 is 17.4 Å². The maximum absolute atomic E-state index is 12.9. The number of nitrogens with one attached hydrogen (secondary N) is 2. The van der Waals surface area contributed by atoms with Crippen LogP contribution in [0.3, 0.4) is 0 Å². The maximum Gasteiger partial charge on any atom is 0.432 e. The lowest BCUT2D eigenvalue weighted by Gasteiger charge is -2.20. The molecule has 0 saturated carbocycles. The molecule has 0 spiro atoms. The molecule has 0 bridgehead atoms. The van der Waals surface area contributed by atoms with Gasteiger partial charge in [0.15, 0.2) is 11.6 Å². The van der Waals surface area contributed by atoms with Crippen molar-refractivity contribution in [2.75, 3.05) is 11.2 Å². The van der Waals surface area contributed by atoms with E-state index in [0.717, 1.165) is 6.08 Å². The van der Waals surface area contributed by atoms with Gasteiger partial charge < -0.3 is 4.57 Å². The lowest BCUT2D eigenvalue weighted by atomic mass is 10.3. The van der Waals surface area contributed by atoms with E-state index < -0.39 is 22.7 Å². The van der Waals surface area contributed by atoms with Gasteiger partial charge in [0.25, 0.3) is 0 Å². The zero-order chi connectivity index (χ0) is 18.4. The quantitative estimate of drug-likeness (QED) is 0.774. The molecule has 0 fully saturated rings. The van der Waals surface area contributed by atoms with Crippen LogP contribution in [-0.4, -0.2) is 30.7 Å². The van der Waals surface area contributed by atoms with Gasteiger partial charge in [-0.1, -0.05) is 6.92 Å². The molecule has 0 aromatic carbocycles. The van der Waals surface area contributed by atoms with Crippen LogP contribution in [0.5, 0.6) is 0 Å². The van der Waals surface area contributed by atoms with Gasteiger partial charge in [-0.2, -0.15) is 13.2 Å². The van der Waals surface area contributed by atoms with E-state index in [1.807, 2.05) is 0 Å². The number of aromatic nitrogens is 3. The Morgan fingerprint density at radius 3 is 2.72 bits per heavy atom. The second-order valence-electron chi connectivity index (χ2n) is 5.17. The van der Waals surface area contributed by atoms with Crippen molar-refractivity contribution in [3.63, 3.8) is 0 Å². The third kappa shape index (κ3) is 3.30. The van der Waals surface area contributed by atoms with E-state index in [1.54, 1.807) is 24.6 Å². The predicted molar refractivity (Wildman–Crippen MR) is 91.9 cm³/mol. The van der Waals surface area contributed by atoms with Gasteiger partial charge >= 0.3 is 6.18 Å².